The fourth-order valence-corrected chi connectivity index (χ4v) is 3.30. The standard InChI is InChI=1S/C22H19F3N2O5/c23-22(24,25)32-16-7-4-14(5-8-16)27-21-18(20(29)26-12-17-2-1-9-30-17)10-13-3-6-15(28)11-19(13)31-21/h3-8,10-11,17,28H,1-2,9,12H2,(H,26,29)/t17-/m1/s1. The van der Waals surface area contributed by atoms with Gasteiger partial charge in [0.15, 0.2) is 0 Å². The molecular weight excluding hydrogens is 429 g/mol. The number of nitrogens with one attached hydrogen (secondary N) is 1. The van der Waals surface area contributed by atoms with Crippen molar-refractivity contribution in [3.8, 4) is 11.5 Å². The van der Waals surface area contributed by atoms with Crippen LogP contribution >= 0.6 is 0 Å². The van der Waals surface area contributed by atoms with Crippen LogP contribution in [0.1, 0.15) is 23.2 Å². The first kappa shape index (κ1) is 21.7. The summed E-state index contributed by atoms with van der Waals surface area (Å²) in [6, 6.07) is 10.8. The minimum absolute atomic E-state index is 0.0311. The maximum atomic E-state index is 12.9. The van der Waals surface area contributed by atoms with Gasteiger partial charge in [-0.3, -0.25) is 4.79 Å². The number of nitrogens with zero attached hydrogens (tertiary/aromatic N) is 1. The van der Waals surface area contributed by atoms with Gasteiger partial charge in [0.05, 0.1) is 11.8 Å². The highest BCUT2D eigenvalue weighted by Crippen LogP contribution is 2.25. The molecule has 1 aromatic heterocycles. The number of amides is 1. The molecule has 1 atom stereocenters. The molecule has 1 aliphatic heterocycles. The molecule has 1 aliphatic rings. The van der Waals surface area contributed by atoms with E-state index in [-0.39, 0.29) is 34.2 Å². The van der Waals surface area contributed by atoms with Crippen LogP contribution in [0.3, 0.4) is 0 Å². The minimum atomic E-state index is -4.80. The van der Waals surface area contributed by atoms with Crippen LogP contribution < -0.4 is 15.6 Å². The average molecular weight is 448 g/mol. The molecule has 0 aliphatic carbocycles. The van der Waals surface area contributed by atoms with E-state index in [2.05, 4.69) is 15.0 Å². The Morgan fingerprint density at radius 1 is 1.19 bits per heavy atom. The summed E-state index contributed by atoms with van der Waals surface area (Å²) in [6.07, 6.45) is -3.08. The van der Waals surface area contributed by atoms with Crippen LogP contribution in [0.5, 0.6) is 11.5 Å². The molecule has 32 heavy (non-hydrogen) atoms. The minimum Gasteiger partial charge on any atom is -0.508 e. The third-order valence-electron chi connectivity index (χ3n) is 4.79. The smallest absolute Gasteiger partial charge is 0.508 e. The number of aromatic hydroxyl groups is 1. The van der Waals surface area contributed by atoms with E-state index in [1.54, 1.807) is 12.1 Å². The Morgan fingerprint density at radius 2 is 1.97 bits per heavy atom. The number of hydrogen-bond acceptors (Lipinski definition) is 6. The first-order chi connectivity index (χ1) is 15.3. The number of ether oxygens (including phenoxy) is 2. The molecular formula is C22H19F3N2O5. The molecule has 168 valence electrons. The highest BCUT2D eigenvalue weighted by molar-refractivity contribution is 5.96. The third-order valence-corrected chi connectivity index (χ3v) is 4.79. The van der Waals surface area contributed by atoms with E-state index in [1.165, 1.54) is 24.3 Å². The maximum absolute atomic E-state index is 12.9. The van der Waals surface area contributed by atoms with Gasteiger partial charge in [-0.1, -0.05) is 0 Å². The van der Waals surface area contributed by atoms with Crippen molar-refractivity contribution in [1.29, 1.82) is 0 Å². The Kier molecular flexibility index (Phi) is 6.04. The van der Waals surface area contributed by atoms with E-state index in [0.717, 1.165) is 25.0 Å². The molecule has 3 aromatic rings. The van der Waals surface area contributed by atoms with Gasteiger partial charge >= 0.3 is 6.36 Å². The van der Waals surface area contributed by atoms with Gasteiger partial charge in [0, 0.05) is 24.6 Å². The average Bonchev–Trinajstić information content (AvgIpc) is 3.25. The molecule has 1 amide bonds. The number of carbonyl (C=O) groups is 1. The van der Waals surface area contributed by atoms with E-state index >= 15 is 0 Å². The van der Waals surface area contributed by atoms with Crippen LogP contribution in [0, 0.1) is 0 Å². The van der Waals surface area contributed by atoms with E-state index in [9.17, 15) is 23.1 Å². The van der Waals surface area contributed by atoms with Crippen molar-refractivity contribution in [2.75, 3.05) is 13.2 Å². The van der Waals surface area contributed by atoms with Gasteiger partial charge in [0.2, 0.25) is 5.55 Å². The molecule has 2 N–H and O–H groups in total. The van der Waals surface area contributed by atoms with Gasteiger partial charge in [-0.05, 0) is 55.3 Å². The second-order valence-corrected chi connectivity index (χ2v) is 7.19. The summed E-state index contributed by atoms with van der Waals surface area (Å²) >= 11 is 0. The summed E-state index contributed by atoms with van der Waals surface area (Å²) in [4.78, 5) is 17.1. The van der Waals surface area contributed by atoms with Crippen LogP contribution in [0.4, 0.5) is 18.9 Å². The van der Waals surface area contributed by atoms with Gasteiger partial charge < -0.3 is 24.3 Å². The predicted octanol–water partition coefficient (Wildman–Crippen LogP) is 4.18. The van der Waals surface area contributed by atoms with E-state index < -0.39 is 18.0 Å². The Bertz CT molecular complexity index is 1180. The van der Waals surface area contributed by atoms with Gasteiger partial charge in [0.1, 0.15) is 22.6 Å². The highest BCUT2D eigenvalue weighted by atomic mass is 19.4. The summed E-state index contributed by atoms with van der Waals surface area (Å²) in [7, 11) is 0. The van der Waals surface area contributed by atoms with Crippen molar-refractivity contribution < 1.29 is 37.0 Å². The molecule has 0 radical (unpaired) electrons. The van der Waals surface area contributed by atoms with Gasteiger partial charge in [-0.15, -0.1) is 13.2 Å². The molecule has 0 bridgehead atoms. The summed E-state index contributed by atoms with van der Waals surface area (Å²) in [6.45, 7) is 0.985. The van der Waals surface area contributed by atoms with Crippen molar-refractivity contribution in [3.05, 3.63) is 59.6 Å². The van der Waals surface area contributed by atoms with Crippen molar-refractivity contribution in [2.24, 2.45) is 4.99 Å². The second kappa shape index (κ2) is 8.91. The van der Waals surface area contributed by atoms with E-state index in [0.29, 0.717) is 18.5 Å². The molecule has 10 heteroatoms. The number of fused-ring (bicyclic) bond motifs is 1. The lowest BCUT2D eigenvalue weighted by Gasteiger charge is -2.11. The molecule has 2 heterocycles. The summed E-state index contributed by atoms with van der Waals surface area (Å²) in [5.41, 5.74) is 0.613. The fourth-order valence-electron chi connectivity index (χ4n) is 3.30. The van der Waals surface area contributed by atoms with Crippen molar-refractivity contribution in [2.45, 2.75) is 25.3 Å². The van der Waals surface area contributed by atoms with Crippen LogP contribution in [-0.4, -0.2) is 36.6 Å². The molecule has 0 spiro atoms. The molecule has 0 unspecified atom stereocenters. The fraction of sp³-hybridized carbons (Fsp3) is 0.273. The van der Waals surface area contributed by atoms with Crippen molar-refractivity contribution in [3.63, 3.8) is 0 Å². The normalized spacial score (nSPS) is 17.0. The SMILES string of the molecule is O=C(NC[C@H]1CCCO1)c1cc2ccc(O)cc2oc1=Nc1ccc(OC(F)(F)F)cc1. The molecule has 7 nitrogen and oxygen atoms in total. The zero-order valence-electron chi connectivity index (χ0n) is 16.7. The lowest BCUT2D eigenvalue weighted by atomic mass is 10.1. The van der Waals surface area contributed by atoms with E-state index in [4.69, 9.17) is 9.15 Å². The van der Waals surface area contributed by atoms with Gasteiger partial charge in [-0.25, -0.2) is 4.99 Å². The number of hydrogen-bond donors (Lipinski definition) is 2. The maximum Gasteiger partial charge on any atom is 0.573 e. The zero-order chi connectivity index (χ0) is 22.7. The Labute approximate surface area is 180 Å². The first-order valence-corrected chi connectivity index (χ1v) is 9.84. The second-order valence-electron chi connectivity index (χ2n) is 7.19. The largest absolute Gasteiger partial charge is 0.573 e. The van der Waals surface area contributed by atoms with Crippen LogP contribution in [0.2, 0.25) is 0 Å². The lowest BCUT2D eigenvalue weighted by Crippen LogP contribution is -2.34. The Morgan fingerprint density at radius 3 is 2.66 bits per heavy atom. The highest BCUT2D eigenvalue weighted by Gasteiger charge is 2.31. The van der Waals surface area contributed by atoms with Crippen LogP contribution in [-0.2, 0) is 4.74 Å². The molecule has 1 fully saturated rings. The quantitative estimate of drug-likeness (QED) is 0.611. The van der Waals surface area contributed by atoms with Crippen molar-refractivity contribution in [1.82, 2.24) is 5.32 Å². The monoisotopic (exact) mass is 448 g/mol. The number of rotatable bonds is 5. The van der Waals surface area contributed by atoms with E-state index in [1.807, 2.05) is 0 Å². The Balaban J connectivity index is 1.68. The summed E-state index contributed by atoms with van der Waals surface area (Å²) in [5, 5.41) is 13.1. The number of halogens is 3. The van der Waals surface area contributed by atoms with Gasteiger partial charge in [0.25, 0.3) is 5.91 Å². The molecule has 4 rings (SSSR count). The number of benzene rings is 2. The summed E-state index contributed by atoms with van der Waals surface area (Å²) < 4.78 is 52.2. The van der Waals surface area contributed by atoms with Crippen LogP contribution in [0.15, 0.2) is 57.9 Å². The number of carbonyl (C=O) groups excluding carboxylic acids is 1. The number of phenolic OH excluding ortho intramolecular Hbond substituents is 1. The molecule has 1 saturated heterocycles. The first-order valence-electron chi connectivity index (χ1n) is 9.84. The summed E-state index contributed by atoms with van der Waals surface area (Å²) in [5.74, 6) is -0.863. The number of phenols is 1. The topological polar surface area (TPSA) is 93.3 Å². The number of alkyl halides is 3. The molecule has 0 saturated carbocycles. The van der Waals surface area contributed by atoms with Crippen LogP contribution in [0.25, 0.3) is 11.0 Å². The zero-order valence-corrected chi connectivity index (χ0v) is 16.7. The lowest BCUT2D eigenvalue weighted by molar-refractivity contribution is -0.274. The van der Waals surface area contributed by atoms with Crippen molar-refractivity contribution >= 4 is 22.6 Å². The van der Waals surface area contributed by atoms with Gasteiger partial charge in [-0.2, -0.15) is 0 Å². The third kappa shape index (κ3) is 5.38. The molecule has 2 aromatic carbocycles. The predicted molar refractivity (Wildman–Crippen MR) is 108 cm³/mol. The Hall–Kier alpha value is -3.53.